The fourth-order valence-electron chi connectivity index (χ4n) is 2.79. The van der Waals surface area contributed by atoms with Crippen molar-refractivity contribution < 1.29 is 14.3 Å². The van der Waals surface area contributed by atoms with E-state index in [9.17, 15) is 4.79 Å². The third-order valence-corrected chi connectivity index (χ3v) is 4.13. The van der Waals surface area contributed by atoms with Gasteiger partial charge in [-0.2, -0.15) is 0 Å². The van der Waals surface area contributed by atoms with Gasteiger partial charge in [-0.25, -0.2) is 4.98 Å². The van der Waals surface area contributed by atoms with Gasteiger partial charge in [0.15, 0.2) is 11.5 Å². The molecule has 1 aromatic heterocycles. The lowest BCUT2D eigenvalue weighted by Crippen LogP contribution is -2.41. The maximum absolute atomic E-state index is 12.5. The predicted molar refractivity (Wildman–Crippen MR) is 91.2 cm³/mol. The largest absolute Gasteiger partial charge is 0.493 e. The lowest BCUT2D eigenvalue weighted by atomic mass is 10.1. The second kappa shape index (κ2) is 7.21. The van der Waals surface area contributed by atoms with E-state index < -0.39 is 0 Å². The fraction of sp³-hybridized carbons (Fsp3) is 0.333. The van der Waals surface area contributed by atoms with E-state index in [1.54, 1.807) is 19.2 Å². The number of nitrogen functional groups attached to an aromatic ring is 1. The van der Waals surface area contributed by atoms with Crippen LogP contribution in [0.3, 0.4) is 0 Å². The Morgan fingerprint density at radius 1 is 1.17 bits per heavy atom. The molecule has 24 heavy (non-hydrogen) atoms. The van der Waals surface area contributed by atoms with Gasteiger partial charge in [-0.15, -0.1) is 0 Å². The third kappa shape index (κ3) is 3.59. The predicted octanol–water partition coefficient (Wildman–Crippen LogP) is 2.36. The van der Waals surface area contributed by atoms with Crippen LogP contribution in [0.1, 0.15) is 23.2 Å². The fourth-order valence-corrected chi connectivity index (χ4v) is 2.79. The molecule has 2 N–H and O–H groups in total. The van der Waals surface area contributed by atoms with Crippen molar-refractivity contribution in [2.75, 3.05) is 25.9 Å². The van der Waals surface area contributed by atoms with Crippen LogP contribution < -0.4 is 15.2 Å². The molecule has 6 heteroatoms. The van der Waals surface area contributed by atoms with Crippen LogP contribution in [0.5, 0.6) is 11.5 Å². The average molecular weight is 327 g/mol. The van der Waals surface area contributed by atoms with Crippen LogP contribution >= 0.6 is 0 Å². The zero-order chi connectivity index (χ0) is 16.9. The molecule has 0 spiro atoms. The zero-order valence-electron chi connectivity index (χ0n) is 13.6. The number of carbonyl (C=O) groups is 1. The van der Waals surface area contributed by atoms with E-state index in [-0.39, 0.29) is 12.0 Å². The summed E-state index contributed by atoms with van der Waals surface area (Å²) in [7, 11) is 1.63. The molecule has 1 aliphatic heterocycles. The third-order valence-electron chi connectivity index (χ3n) is 4.13. The second-order valence-electron chi connectivity index (χ2n) is 5.73. The Balaban J connectivity index is 1.57. The number of hydrogen-bond acceptors (Lipinski definition) is 5. The first kappa shape index (κ1) is 16.1. The van der Waals surface area contributed by atoms with Crippen molar-refractivity contribution >= 4 is 11.7 Å². The number of rotatable bonds is 4. The number of para-hydroxylation sites is 2. The molecule has 1 amide bonds. The number of nitrogens with zero attached hydrogens (tertiary/aromatic N) is 2. The smallest absolute Gasteiger partial charge is 0.255 e. The van der Waals surface area contributed by atoms with Crippen molar-refractivity contribution in [1.29, 1.82) is 0 Å². The normalized spacial score (nSPS) is 15.1. The molecule has 0 saturated carbocycles. The van der Waals surface area contributed by atoms with Crippen LogP contribution in [-0.4, -0.2) is 42.1 Å². The van der Waals surface area contributed by atoms with Crippen molar-refractivity contribution in [3.8, 4) is 11.5 Å². The minimum Gasteiger partial charge on any atom is -0.493 e. The number of likely N-dealkylation sites (tertiary alicyclic amines) is 1. The number of pyridine rings is 1. The van der Waals surface area contributed by atoms with E-state index in [4.69, 9.17) is 15.2 Å². The molecule has 1 saturated heterocycles. The number of methoxy groups -OCH3 is 1. The number of anilines is 1. The average Bonchev–Trinajstić information content (AvgIpc) is 2.63. The van der Waals surface area contributed by atoms with Gasteiger partial charge in [-0.1, -0.05) is 12.1 Å². The van der Waals surface area contributed by atoms with Gasteiger partial charge in [-0.3, -0.25) is 4.79 Å². The van der Waals surface area contributed by atoms with Gasteiger partial charge in [0.05, 0.1) is 12.7 Å². The Morgan fingerprint density at radius 3 is 2.50 bits per heavy atom. The summed E-state index contributed by atoms with van der Waals surface area (Å²) < 4.78 is 11.3. The van der Waals surface area contributed by atoms with E-state index in [1.807, 2.05) is 29.2 Å². The first-order valence-corrected chi connectivity index (χ1v) is 7.98. The molecule has 126 valence electrons. The molecule has 1 aromatic carbocycles. The van der Waals surface area contributed by atoms with Crippen LogP contribution in [0.15, 0.2) is 42.6 Å². The molecule has 2 heterocycles. The van der Waals surface area contributed by atoms with Crippen molar-refractivity contribution in [1.82, 2.24) is 9.88 Å². The highest BCUT2D eigenvalue weighted by Gasteiger charge is 2.25. The Bertz CT molecular complexity index is 695. The Kier molecular flexibility index (Phi) is 4.84. The monoisotopic (exact) mass is 327 g/mol. The van der Waals surface area contributed by atoms with E-state index in [0.29, 0.717) is 24.5 Å². The SMILES string of the molecule is COc1ccccc1OC1CCN(C(=O)c2ccc(N)nc2)CC1. The first-order chi connectivity index (χ1) is 11.7. The number of aromatic nitrogens is 1. The number of benzene rings is 1. The number of hydrogen-bond donors (Lipinski definition) is 1. The number of carbonyl (C=O) groups excluding carboxylic acids is 1. The van der Waals surface area contributed by atoms with E-state index in [1.165, 1.54) is 6.20 Å². The molecule has 0 atom stereocenters. The lowest BCUT2D eigenvalue weighted by Gasteiger charge is -2.32. The van der Waals surface area contributed by atoms with E-state index in [2.05, 4.69) is 4.98 Å². The summed E-state index contributed by atoms with van der Waals surface area (Å²) in [5, 5.41) is 0. The van der Waals surface area contributed by atoms with Gasteiger partial charge < -0.3 is 20.1 Å². The molecular weight excluding hydrogens is 306 g/mol. The standard InChI is InChI=1S/C18H21N3O3/c1-23-15-4-2-3-5-16(15)24-14-8-10-21(11-9-14)18(22)13-6-7-17(19)20-12-13/h2-7,12,14H,8-11H2,1H3,(H2,19,20). The highest BCUT2D eigenvalue weighted by atomic mass is 16.5. The second-order valence-corrected chi connectivity index (χ2v) is 5.73. The zero-order valence-corrected chi connectivity index (χ0v) is 13.6. The van der Waals surface area contributed by atoms with Crippen molar-refractivity contribution in [2.45, 2.75) is 18.9 Å². The van der Waals surface area contributed by atoms with Crippen LogP contribution in [0.2, 0.25) is 0 Å². The summed E-state index contributed by atoms with van der Waals surface area (Å²) in [6.45, 7) is 1.31. The van der Waals surface area contributed by atoms with Gasteiger partial charge in [0.1, 0.15) is 11.9 Å². The Labute approximate surface area is 141 Å². The molecule has 0 aliphatic carbocycles. The summed E-state index contributed by atoms with van der Waals surface area (Å²) in [5.74, 6) is 1.87. The Hall–Kier alpha value is -2.76. The van der Waals surface area contributed by atoms with Gasteiger partial charge >= 0.3 is 0 Å². The first-order valence-electron chi connectivity index (χ1n) is 7.98. The van der Waals surface area contributed by atoms with Crippen molar-refractivity contribution in [3.63, 3.8) is 0 Å². The van der Waals surface area contributed by atoms with Gasteiger partial charge in [0.25, 0.3) is 5.91 Å². The minimum absolute atomic E-state index is 0.0155. The molecule has 0 bridgehead atoms. The Morgan fingerprint density at radius 2 is 1.88 bits per heavy atom. The molecule has 0 radical (unpaired) electrons. The quantitative estimate of drug-likeness (QED) is 0.933. The number of ether oxygens (including phenoxy) is 2. The van der Waals surface area contributed by atoms with Crippen LogP contribution in [0, 0.1) is 0 Å². The summed E-state index contributed by atoms with van der Waals surface area (Å²) >= 11 is 0. The van der Waals surface area contributed by atoms with Gasteiger partial charge in [0.2, 0.25) is 0 Å². The topological polar surface area (TPSA) is 77.7 Å². The van der Waals surface area contributed by atoms with Gasteiger partial charge in [-0.05, 0) is 24.3 Å². The van der Waals surface area contributed by atoms with Gasteiger partial charge in [0, 0.05) is 32.1 Å². The van der Waals surface area contributed by atoms with Crippen LogP contribution in [-0.2, 0) is 0 Å². The minimum atomic E-state index is -0.0155. The highest BCUT2D eigenvalue weighted by Crippen LogP contribution is 2.29. The lowest BCUT2D eigenvalue weighted by molar-refractivity contribution is 0.0590. The summed E-state index contributed by atoms with van der Waals surface area (Å²) in [6.07, 6.45) is 3.17. The maximum Gasteiger partial charge on any atom is 0.255 e. The summed E-state index contributed by atoms with van der Waals surface area (Å²) in [6, 6.07) is 11.0. The highest BCUT2D eigenvalue weighted by molar-refractivity contribution is 5.94. The molecular formula is C18H21N3O3. The summed E-state index contributed by atoms with van der Waals surface area (Å²) in [4.78, 5) is 18.3. The summed E-state index contributed by atoms with van der Waals surface area (Å²) in [5.41, 5.74) is 6.12. The number of nitrogens with two attached hydrogens (primary N) is 1. The van der Waals surface area contributed by atoms with Crippen molar-refractivity contribution in [3.05, 3.63) is 48.2 Å². The van der Waals surface area contributed by atoms with E-state index >= 15 is 0 Å². The number of piperidine rings is 1. The molecule has 3 rings (SSSR count). The molecule has 6 nitrogen and oxygen atoms in total. The van der Waals surface area contributed by atoms with Crippen molar-refractivity contribution in [2.24, 2.45) is 0 Å². The molecule has 1 fully saturated rings. The maximum atomic E-state index is 12.5. The number of amides is 1. The van der Waals surface area contributed by atoms with E-state index in [0.717, 1.165) is 24.3 Å². The van der Waals surface area contributed by atoms with Crippen LogP contribution in [0.4, 0.5) is 5.82 Å². The molecule has 2 aromatic rings. The molecule has 0 unspecified atom stereocenters. The molecule has 1 aliphatic rings. The van der Waals surface area contributed by atoms with Crippen LogP contribution in [0.25, 0.3) is 0 Å².